The normalized spacial score (nSPS) is 10.6. The molecule has 0 saturated carbocycles. The van der Waals surface area contributed by atoms with Gasteiger partial charge in [-0.2, -0.15) is 5.10 Å². The SMILES string of the molecule is Cn1cnn(CCn2ccccc2=O)c1=O. The van der Waals surface area contributed by atoms with E-state index >= 15 is 0 Å². The van der Waals surface area contributed by atoms with Crippen LogP contribution < -0.4 is 11.2 Å². The molecule has 2 heterocycles. The van der Waals surface area contributed by atoms with Crippen LogP contribution in [-0.4, -0.2) is 18.9 Å². The second kappa shape index (κ2) is 4.18. The predicted molar refractivity (Wildman–Crippen MR) is 58.2 cm³/mol. The molecule has 0 radical (unpaired) electrons. The van der Waals surface area contributed by atoms with E-state index in [1.807, 2.05) is 0 Å². The monoisotopic (exact) mass is 220 g/mol. The van der Waals surface area contributed by atoms with Crippen molar-refractivity contribution in [1.82, 2.24) is 18.9 Å². The van der Waals surface area contributed by atoms with Crippen molar-refractivity contribution in [3.63, 3.8) is 0 Å². The Kier molecular flexibility index (Phi) is 2.72. The molecule has 0 aliphatic rings. The maximum atomic E-state index is 11.5. The molecule has 0 spiro atoms. The van der Waals surface area contributed by atoms with Crippen LogP contribution >= 0.6 is 0 Å². The highest BCUT2D eigenvalue weighted by molar-refractivity contribution is 4.92. The standard InChI is InChI=1S/C10H12N4O2/c1-12-8-11-14(10(12)16)7-6-13-5-3-2-4-9(13)15/h2-5,8H,6-7H2,1H3. The Morgan fingerprint density at radius 3 is 2.69 bits per heavy atom. The van der Waals surface area contributed by atoms with Crippen LogP contribution in [0.25, 0.3) is 0 Å². The first kappa shape index (κ1) is 10.4. The van der Waals surface area contributed by atoms with E-state index in [9.17, 15) is 9.59 Å². The fraction of sp³-hybridized carbons (Fsp3) is 0.300. The topological polar surface area (TPSA) is 61.8 Å². The highest BCUT2D eigenvalue weighted by atomic mass is 16.2. The summed E-state index contributed by atoms with van der Waals surface area (Å²) in [6.07, 6.45) is 3.15. The smallest absolute Gasteiger partial charge is 0.314 e. The zero-order chi connectivity index (χ0) is 11.5. The van der Waals surface area contributed by atoms with Gasteiger partial charge in [0, 0.05) is 25.9 Å². The second-order valence-electron chi connectivity index (χ2n) is 3.48. The van der Waals surface area contributed by atoms with Gasteiger partial charge in [-0.15, -0.1) is 0 Å². The van der Waals surface area contributed by atoms with Crippen LogP contribution in [-0.2, 0) is 20.1 Å². The summed E-state index contributed by atoms with van der Waals surface area (Å²) in [7, 11) is 1.64. The molecule has 0 atom stereocenters. The molecule has 16 heavy (non-hydrogen) atoms. The maximum absolute atomic E-state index is 11.5. The number of aryl methyl sites for hydroxylation is 3. The molecule has 0 fully saturated rings. The Balaban J connectivity index is 2.14. The first-order chi connectivity index (χ1) is 7.68. The Morgan fingerprint density at radius 1 is 1.25 bits per heavy atom. The van der Waals surface area contributed by atoms with Crippen molar-refractivity contribution in [2.45, 2.75) is 13.1 Å². The number of aromatic nitrogens is 4. The van der Waals surface area contributed by atoms with E-state index in [-0.39, 0.29) is 11.2 Å². The van der Waals surface area contributed by atoms with E-state index in [0.29, 0.717) is 13.1 Å². The van der Waals surface area contributed by atoms with Crippen molar-refractivity contribution in [2.24, 2.45) is 7.05 Å². The molecule has 0 amide bonds. The summed E-state index contributed by atoms with van der Waals surface area (Å²) < 4.78 is 4.27. The zero-order valence-corrected chi connectivity index (χ0v) is 8.91. The van der Waals surface area contributed by atoms with Gasteiger partial charge in [0.2, 0.25) is 0 Å². The summed E-state index contributed by atoms with van der Waals surface area (Å²) in [6.45, 7) is 0.834. The second-order valence-corrected chi connectivity index (χ2v) is 3.48. The van der Waals surface area contributed by atoms with Crippen molar-refractivity contribution in [1.29, 1.82) is 0 Å². The lowest BCUT2D eigenvalue weighted by atomic mass is 10.4. The number of hydrogen-bond acceptors (Lipinski definition) is 3. The van der Waals surface area contributed by atoms with Crippen LogP contribution in [0.4, 0.5) is 0 Å². The Morgan fingerprint density at radius 2 is 2.06 bits per heavy atom. The summed E-state index contributed by atoms with van der Waals surface area (Å²) in [5, 5.41) is 3.91. The van der Waals surface area contributed by atoms with Crippen LogP contribution in [0.5, 0.6) is 0 Å². The van der Waals surface area contributed by atoms with Crippen LogP contribution in [0.1, 0.15) is 0 Å². The van der Waals surface area contributed by atoms with Crippen LogP contribution in [0, 0.1) is 0 Å². The van der Waals surface area contributed by atoms with Crippen LogP contribution in [0.15, 0.2) is 40.3 Å². The van der Waals surface area contributed by atoms with Crippen molar-refractivity contribution < 1.29 is 0 Å². The fourth-order valence-corrected chi connectivity index (χ4v) is 1.42. The Bertz CT molecular complexity index is 593. The van der Waals surface area contributed by atoms with Crippen LogP contribution in [0.2, 0.25) is 0 Å². The van der Waals surface area contributed by atoms with E-state index < -0.39 is 0 Å². The largest absolute Gasteiger partial charge is 0.345 e. The van der Waals surface area contributed by atoms with Gasteiger partial charge in [-0.1, -0.05) is 6.07 Å². The van der Waals surface area contributed by atoms with Crippen molar-refractivity contribution in [3.8, 4) is 0 Å². The van der Waals surface area contributed by atoms with Gasteiger partial charge in [0.1, 0.15) is 6.33 Å². The lowest BCUT2D eigenvalue weighted by Crippen LogP contribution is -2.27. The average Bonchev–Trinajstić information content (AvgIpc) is 2.59. The molecule has 6 heteroatoms. The molecule has 6 nitrogen and oxygen atoms in total. The summed E-state index contributed by atoms with van der Waals surface area (Å²) in [6, 6.07) is 4.95. The molecule has 0 saturated heterocycles. The number of rotatable bonds is 3. The molecular formula is C10H12N4O2. The minimum atomic E-state index is -0.177. The van der Waals surface area contributed by atoms with Crippen molar-refractivity contribution >= 4 is 0 Å². The summed E-state index contributed by atoms with van der Waals surface area (Å²) >= 11 is 0. The Labute approximate surface area is 91.4 Å². The molecule has 0 unspecified atom stereocenters. The summed E-state index contributed by atoms with van der Waals surface area (Å²) in [5.41, 5.74) is -0.254. The van der Waals surface area contributed by atoms with E-state index in [2.05, 4.69) is 5.10 Å². The van der Waals surface area contributed by atoms with Gasteiger partial charge >= 0.3 is 5.69 Å². The minimum absolute atomic E-state index is 0.0773. The molecule has 0 bridgehead atoms. The van der Waals surface area contributed by atoms with E-state index in [1.165, 1.54) is 21.6 Å². The van der Waals surface area contributed by atoms with E-state index in [4.69, 9.17) is 0 Å². The molecule has 2 rings (SSSR count). The van der Waals surface area contributed by atoms with Gasteiger partial charge in [-0.05, 0) is 6.07 Å². The lowest BCUT2D eigenvalue weighted by molar-refractivity contribution is 0.507. The molecule has 2 aromatic rings. The molecule has 84 valence electrons. The third-order valence-electron chi connectivity index (χ3n) is 2.34. The third-order valence-corrected chi connectivity index (χ3v) is 2.34. The third kappa shape index (κ3) is 1.95. The highest BCUT2D eigenvalue weighted by Gasteiger charge is 2.01. The fourth-order valence-electron chi connectivity index (χ4n) is 1.42. The predicted octanol–water partition coefficient (Wildman–Crippen LogP) is -0.556. The molecular weight excluding hydrogens is 208 g/mol. The molecule has 0 aromatic carbocycles. The highest BCUT2D eigenvalue weighted by Crippen LogP contribution is 1.84. The van der Waals surface area contributed by atoms with Gasteiger partial charge in [0.15, 0.2) is 0 Å². The van der Waals surface area contributed by atoms with Crippen LogP contribution in [0.3, 0.4) is 0 Å². The minimum Gasteiger partial charge on any atom is -0.314 e. The molecule has 0 aliphatic heterocycles. The molecule has 0 aliphatic carbocycles. The number of pyridine rings is 1. The van der Waals surface area contributed by atoms with Gasteiger partial charge in [-0.3, -0.25) is 9.36 Å². The van der Waals surface area contributed by atoms with Gasteiger partial charge in [0.25, 0.3) is 5.56 Å². The average molecular weight is 220 g/mol. The van der Waals surface area contributed by atoms with E-state index in [1.54, 1.807) is 29.9 Å². The van der Waals surface area contributed by atoms with Gasteiger partial charge in [0.05, 0.1) is 6.54 Å². The Hall–Kier alpha value is -2.11. The lowest BCUT2D eigenvalue weighted by Gasteiger charge is -2.03. The number of hydrogen-bond donors (Lipinski definition) is 0. The number of nitrogens with zero attached hydrogens (tertiary/aromatic N) is 4. The summed E-state index contributed by atoms with van der Waals surface area (Å²) in [4.78, 5) is 22.8. The maximum Gasteiger partial charge on any atom is 0.345 e. The van der Waals surface area contributed by atoms with Crippen molar-refractivity contribution in [2.75, 3.05) is 0 Å². The summed E-state index contributed by atoms with van der Waals surface area (Å²) in [5.74, 6) is 0. The first-order valence-electron chi connectivity index (χ1n) is 4.92. The van der Waals surface area contributed by atoms with Crippen molar-refractivity contribution in [3.05, 3.63) is 51.6 Å². The molecule has 2 aromatic heterocycles. The van der Waals surface area contributed by atoms with E-state index in [0.717, 1.165) is 0 Å². The first-order valence-corrected chi connectivity index (χ1v) is 4.92. The van der Waals surface area contributed by atoms with Gasteiger partial charge in [-0.25, -0.2) is 9.48 Å². The van der Waals surface area contributed by atoms with Gasteiger partial charge < -0.3 is 4.57 Å². The quantitative estimate of drug-likeness (QED) is 0.696. The zero-order valence-electron chi connectivity index (χ0n) is 8.91. The molecule has 0 N–H and O–H groups in total.